The molecular weight excluding hydrogens is 143 g/mol. The Kier molecular flexibility index (Phi) is 25.0. The molecule has 0 N–H and O–H groups in total. The van der Waals surface area contributed by atoms with Crippen LogP contribution >= 0.6 is 18.1 Å². The van der Waals surface area contributed by atoms with E-state index in [0.29, 0.717) is 0 Å². The van der Waals surface area contributed by atoms with Crippen LogP contribution < -0.4 is 0 Å². The van der Waals surface area contributed by atoms with Gasteiger partial charge < -0.3 is 18.1 Å². The van der Waals surface area contributed by atoms with Crippen molar-refractivity contribution in [2.45, 2.75) is 20.3 Å². The van der Waals surface area contributed by atoms with Gasteiger partial charge in [-0.05, 0) is 6.42 Å². The van der Waals surface area contributed by atoms with Crippen LogP contribution in [0.2, 0.25) is 0 Å². The van der Waals surface area contributed by atoms with E-state index in [1.165, 1.54) is 6.42 Å². The maximum absolute atomic E-state index is 4.90. The molecule has 0 nitrogen and oxygen atoms in total. The number of rotatable bonds is 1. The highest BCUT2D eigenvalue weighted by molar-refractivity contribution is 7.22. The van der Waals surface area contributed by atoms with E-state index in [1.807, 2.05) is 0 Å². The van der Waals surface area contributed by atoms with E-state index in [2.05, 4.69) is 20.3 Å². The molecule has 0 saturated heterocycles. The Balaban J connectivity index is 0. The lowest BCUT2D eigenvalue weighted by Gasteiger charge is -1.67. The fourth-order valence-electron chi connectivity index (χ4n) is 0. The number of hydrogen-bond acceptors (Lipinski definition) is 0. The summed E-state index contributed by atoms with van der Waals surface area (Å²) in [6.45, 7) is 4.18. The van der Waals surface area contributed by atoms with Crippen molar-refractivity contribution in [1.82, 2.24) is 0 Å². The summed E-state index contributed by atoms with van der Waals surface area (Å²) in [7, 11) is 9.81. The summed E-state index contributed by atoms with van der Waals surface area (Å²) in [5.74, 6) is 0. The van der Waals surface area contributed by atoms with Gasteiger partial charge in [0.25, 0.3) is 0 Å². The van der Waals surface area contributed by atoms with Crippen molar-refractivity contribution in [2.75, 3.05) is 0 Å². The van der Waals surface area contributed by atoms with Crippen LogP contribution in [0.5, 0.6) is 0 Å². The molecule has 41 valence electrons. The van der Waals surface area contributed by atoms with Crippen molar-refractivity contribution in [3.05, 3.63) is 6.42 Å². The second kappa shape index (κ2) is 15.7. The molecule has 0 aromatic rings. The third-order valence-electron chi connectivity index (χ3n) is 0.408. The average molecular weight is 152 g/mol. The summed E-state index contributed by atoms with van der Waals surface area (Å²) in [5.41, 5.74) is 0. The largest absolute Gasteiger partial charge is 0.618 e. The van der Waals surface area contributed by atoms with Crippen LogP contribution in [0.4, 0.5) is 0 Å². The average Bonchev–Trinajstić information content (AvgIpc) is 1.69. The fraction of sp³-hybridized carbons (Fsp3) is 0.750. The molecule has 0 rings (SSSR count). The van der Waals surface area contributed by atoms with Crippen LogP contribution in [0.1, 0.15) is 20.3 Å². The van der Waals surface area contributed by atoms with Gasteiger partial charge in [0, 0.05) is 0 Å². The molecule has 0 aromatic heterocycles. The Labute approximate surface area is 62.8 Å². The molecule has 7 heavy (non-hydrogen) atoms. The highest BCUT2D eigenvalue weighted by atomic mass is 35.6. The summed E-state index contributed by atoms with van der Waals surface area (Å²) >= 11 is -0.639. The molecule has 0 bridgehead atoms. The first-order chi connectivity index (χ1) is 3.33. The lowest BCUT2D eigenvalue weighted by molar-refractivity contribution is 1.10. The molecule has 0 spiro atoms. The number of unbranched alkanes of at least 4 members (excludes halogenated alkanes) is 1. The summed E-state index contributed by atoms with van der Waals surface area (Å²) in [6.07, 6.45) is 3.32. The summed E-state index contributed by atoms with van der Waals surface area (Å²) in [5, 5.41) is 0. The van der Waals surface area contributed by atoms with Crippen LogP contribution in [-0.4, -0.2) is 18.2 Å². The maximum atomic E-state index is 4.90. The molecule has 0 aliphatic carbocycles. The first-order valence-corrected chi connectivity index (χ1v) is 6.50. The van der Waals surface area contributed by atoms with E-state index in [0.717, 1.165) is 0 Å². The molecule has 3 heteroatoms. The van der Waals surface area contributed by atoms with Gasteiger partial charge in [-0.15, -0.1) is 0 Å². The molecule has 0 heterocycles. The monoisotopic (exact) mass is 151 g/mol. The zero-order chi connectivity index (χ0) is 6.12. The van der Waals surface area contributed by atoms with Gasteiger partial charge in [0.15, 0.2) is 0 Å². The van der Waals surface area contributed by atoms with Gasteiger partial charge in [0.1, 0.15) is 0 Å². The second-order valence-corrected chi connectivity index (χ2v) is 3.54. The summed E-state index contributed by atoms with van der Waals surface area (Å²) < 4.78 is 0. The zero-order valence-electron chi connectivity index (χ0n) is 4.75. The standard InChI is InChI=1S/C4H9.2ClH.Mg/c1-3-4-2;;;/h3H,4H2,1-2H3;2*1H;/q;;;+2/p-2. The summed E-state index contributed by atoms with van der Waals surface area (Å²) in [4.78, 5) is 0. The number of hydrogen-bond donors (Lipinski definition) is 0. The van der Waals surface area contributed by atoms with Crippen molar-refractivity contribution in [2.24, 2.45) is 0 Å². The van der Waals surface area contributed by atoms with Gasteiger partial charge in [0.2, 0.25) is 0 Å². The molecular formula is C4H9Cl2Mg. The Morgan fingerprint density at radius 2 is 1.71 bits per heavy atom. The Bertz CT molecular complexity index is 17.2. The molecule has 0 unspecified atom stereocenters. The molecule has 0 aromatic carbocycles. The molecule has 0 aliphatic heterocycles. The maximum Gasteiger partial charge on any atom is 0.618 e. The van der Waals surface area contributed by atoms with Crippen molar-refractivity contribution in [3.63, 3.8) is 0 Å². The van der Waals surface area contributed by atoms with Crippen molar-refractivity contribution in [1.29, 1.82) is 0 Å². The van der Waals surface area contributed by atoms with Gasteiger partial charge >= 0.3 is 18.2 Å². The highest BCUT2D eigenvalue weighted by Crippen LogP contribution is 1.74. The summed E-state index contributed by atoms with van der Waals surface area (Å²) in [6, 6.07) is 0. The lowest BCUT2D eigenvalue weighted by atomic mass is 10.4. The third kappa shape index (κ3) is 38.1. The van der Waals surface area contributed by atoms with Crippen LogP contribution in [-0.2, 0) is 0 Å². The molecule has 0 fully saturated rings. The minimum absolute atomic E-state index is 0.639. The lowest BCUT2D eigenvalue weighted by Crippen LogP contribution is -1.50. The fourth-order valence-corrected chi connectivity index (χ4v) is 0. The quantitative estimate of drug-likeness (QED) is 0.507. The van der Waals surface area contributed by atoms with E-state index >= 15 is 0 Å². The number of halogens is 2. The topological polar surface area (TPSA) is 0 Å². The van der Waals surface area contributed by atoms with E-state index in [-0.39, 0.29) is 0 Å². The molecule has 0 amide bonds. The van der Waals surface area contributed by atoms with Crippen molar-refractivity contribution < 1.29 is 0 Å². The van der Waals surface area contributed by atoms with Gasteiger partial charge in [-0.1, -0.05) is 20.3 Å². The van der Waals surface area contributed by atoms with E-state index in [1.54, 1.807) is 0 Å². The van der Waals surface area contributed by atoms with Gasteiger partial charge in [0.05, 0.1) is 0 Å². The smallest absolute Gasteiger partial charge is 0.309 e. The first-order valence-electron chi connectivity index (χ1n) is 2.23. The molecule has 0 saturated carbocycles. The minimum Gasteiger partial charge on any atom is -0.309 e. The third-order valence-corrected chi connectivity index (χ3v) is 0.408. The van der Waals surface area contributed by atoms with Gasteiger partial charge in [-0.3, -0.25) is 0 Å². The predicted octanol–water partition coefficient (Wildman–Crippen LogP) is 2.62. The normalized spacial score (nSPS) is 5.71. The first kappa shape index (κ1) is 11.2. The van der Waals surface area contributed by atoms with Crippen molar-refractivity contribution >= 4 is 36.3 Å². The Morgan fingerprint density at radius 3 is 1.71 bits per heavy atom. The van der Waals surface area contributed by atoms with E-state index in [4.69, 9.17) is 18.1 Å². The van der Waals surface area contributed by atoms with Crippen LogP contribution in [0.25, 0.3) is 0 Å². The second-order valence-electron chi connectivity index (χ2n) is 0.918. The SMILES string of the molecule is C[CH]CC.[Cl][Mg][Cl]. The molecule has 0 atom stereocenters. The predicted molar refractivity (Wildman–Crippen MR) is 37.7 cm³/mol. The van der Waals surface area contributed by atoms with Gasteiger partial charge in [-0.2, -0.15) is 0 Å². The van der Waals surface area contributed by atoms with Gasteiger partial charge in [-0.25, -0.2) is 0 Å². The Hall–Kier alpha value is 1.35. The zero-order valence-corrected chi connectivity index (χ0v) is 7.67. The van der Waals surface area contributed by atoms with E-state index in [9.17, 15) is 0 Å². The van der Waals surface area contributed by atoms with Crippen LogP contribution in [0, 0.1) is 6.42 Å². The highest BCUT2D eigenvalue weighted by Gasteiger charge is 1.64. The molecule has 1 radical (unpaired) electrons. The van der Waals surface area contributed by atoms with Crippen molar-refractivity contribution in [3.8, 4) is 0 Å². The molecule has 0 aliphatic rings. The minimum atomic E-state index is -0.639. The van der Waals surface area contributed by atoms with Crippen LogP contribution in [0.3, 0.4) is 0 Å². The van der Waals surface area contributed by atoms with E-state index < -0.39 is 18.2 Å². The van der Waals surface area contributed by atoms with Crippen LogP contribution in [0.15, 0.2) is 0 Å². The Morgan fingerprint density at radius 1 is 1.57 bits per heavy atom.